The summed E-state index contributed by atoms with van der Waals surface area (Å²) < 4.78 is 5.53. The number of amides is 1. The summed E-state index contributed by atoms with van der Waals surface area (Å²) >= 11 is 5.12. The SMILES string of the molecule is CC(C)(C)OC(=O)N1[C@@H](c2ccccc2)CC[C@H]1C(N)=S. The summed E-state index contributed by atoms with van der Waals surface area (Å²) in [6.45, 7) is 5.57. The number of hydrogen-bond donors (Lipinski definition) is 1. The van der Waals surface area contributed by atoms with E-state index in [-0.39, 0.29) is 18.2 Å². The van der Waals surface area contributed by atoms with Crippen LogP contribution in [0.25, 0.3) is 0 Å². The number of likely N-dealkylation sites (tertiary alicyclic amines) is 1. The Kier molecular flexibility index (Phi) is 4.52. The smallest absolute Gasteiger partial charge is 0.411 e. The topological polar surface area (TPSA) is 55.6 Å². The number of ether oxygens (including phenoxy) is 1. The third kappa shape index (κ3) is 3.73. The second-order valence-corrected chi connectivity index (χ2v) is 6.78. The van der Waals surface area contributed by atoms with Crippen LogP contribution in [0.15, 0.2) is 30.3 Å². The minimum absolute atomic E-state index is 0.0347. The first-order chi connectivity index (χ1) is 9.79. The van der Waals surface area contributed by atoms with Crippen molar-refractivity contribution in [3.8, 4) is 0 Å². The lowest BCUT2D eigenvalue weighted by Gasteiger charge is -2.32. The molecule has 1 heterocycles. The van der Waals surface area contributed by atoms with Gasteiger partial charge in [0, 0.05) is 0 Å². The van der Waals surface area contributed by atoms with Crippen LogP contribution in [0, 0.1) is 0 Å². The predicted molar refractivity (Wildman–Crippen MR) is 87.1 cm³/mol. The molecule has 21 heavy (non-hydrogen) atoms. The van der Waals surface area contributed by atoms with Crippen LogP contribution in [0.1, 0.15) is 45.2 Å². The van der Waals surface area contributed by atoms with Gasteiger partial charge in [-0.25, -0.2) is 4.79 Å². The van der Waals surface area contributed by atoms with E-state index in [0.717, 1.165) is 18.4 Å². The first-order valence-electron chi connectivity index (χ1n) is 7.15. The zero-order chi connectivity index (χ0) is 15.6. The average molecular weight is 306 g/mol. The summed E-state index contributed by atoms with van der Waals surface area (Å²) in [5, 5.41) is 0. The molecule has 0 saturated carbocycles. The molecule has 1 aromatic rings. The molecule has 2 N–H and O–H groups in total. The summed E-state index contributed by atoms with van der Waals surface area (Å²) in [6, 6.07) is 9.66. The van der Waals surface area contributed by atoms with Crippen molar-refractivity contribution in [2.24, 2.45) is 5.73 Å². The van der Waals surface area contributed by atoms with Gasteiger partial charge in [-0.3, -0.25) is 4.90 Å². The van der Waals surface area contributed by atoms with Crippen molar-refractivity contribution >= 4 is 23.3 Å². The molecular weight excluding hydrogens is 284 g/mol. The molecule has 1 amide bonds. The highest BCUT2D eigenvalue weighted by atomic mass is 32.1. The lowest BCUT2D eigenvalue weighted by molar-refractivity contribution is 0.0191. The Morgan fingerprint density at radius 2 is 1.90 bits per heavy atom. The fraction of sp³-hybridized carbons (Fsp3) is 0.500. The van der Waals surface area contributed by atoms with Crippen molar-refractivity contribution in [2.75, 3.05) is 0 Å². The first kappa shape index (κ1) is 15.8. The van der Waals surface area contributed by atoms with Crippen molar-refractivity contribution < 1.29 is 9.53 Å². The number of benzene rings is 1. The fourth-order valence-corrected chi connectivity index (χ4v) is 2.89. The Hall–Kier alpha value is -1.62. The van der Waals surface area contributed by atoms with Crippen LogP contribution in [0.5, 0.6) is 0 Å². The Bertz CT molecular complexity index is 525. The molecular formula is C16H22N2O2S. The Morgan fingerprint density at radius 1 is 1.29 bits per heavy atom. The van der Waals surface area contributed by atoms with E-state index in [9.17, 15) is 4.79 Å². The van der Waals surface area contributed by atoms with Gasteiger partial charge in [-0.1, -0.05) is 42.5 Å². The summed E-state index contributed by atoms with van der Waals surface area (Å²) in [5.74, 6) is 0. The Morgan fingerprint density at radius 3 is 2.43 bits per heavy atom. The Labute approximate surface area is 131 Å². The van der Waals surface area contributed by atoms with Crippen LogP contribution in [-0.4, -0.2) is 27.6 Å². The molecule has 1 aliphatic heterocycles. The second-order valence-electron chi connectivity index (χ2n) is 6.31. The molecule has 1 aromatic carbocycles. The molecule has 114 valence electrons. The number of hydrogen-bond acceptors (Lipinski definition) is 3. The first-order valence-corrected chi connectivity index (χ1v) is 7.56. The maximum Gasteiger partial charge on any atom is 0.411 e. The number of rotatable bonds is 2. The fourth-order valence-electron chi connectivity index (χ4n) is 2.66. The van der Waals surface area contributed by atoms with Gasteiger partial charge in [0.05, 0.1) is 17.1 Å². The lowest BCUT2D eigenvalue weighted by Crippen LogP contribution is -2.46. The number of carbonyl (C=O) groups is 1. The molecule has 0 aliphatic carbocycles. The number of nitrogens with zero attached hydrogens (tertiary/aromatic N) is 1. The molecule has 0 radical (unpaired) electrons. The minimum atomic E-state index is -0.540. The van der Waals surface area contributed by atoms with E-state index < -0.39 is 5.60 Å². The maximum atomic E-state index is 12.5. The van der Waals surface area contributed by atoms with Crippen LogP contribution in [0.3, 0.4) is 0 Å². The standard InChI is InChI=1S/C16H22N2O2S/c1-16(2,3)20-15(19)18-12(9-10-13(18)14(17)21)11-7-5-4-6-8-11/h4-8,12-13H,9-10H2,1-3H3,(H2,17,21)/t12-,13+/m1/s1. The predicted octanol–water partition coefficient (Wildman–Crippen LogP) is 3.41. The van der Waals surface area contributed by atoms with Gasteiger partial charge in [0.25, 0.3) is 0 Å². The van der Waals surface area contributed by atoms with Crippen LogP contribution < -0.4 is 5.73 Å². The molecule has 0 bridgehead atoms. The van der Waals surface area contributed by atoms with Gasteiger partial charge in [0.1, 0.15) is 5.60 Å². The third-order valence-corrected chi connectivity index (χ3v) is 3.77. The second kappa shape index (κ2) is 6.02. The molecule has 4 nitrogen and oxygen atoms in total. The van der Waals surface area contributed by atoms with E-state index in [2.05, 4.69) is 0 Å². The number of nitrogens with two attached hydrogens (primary N) is 1. The van der Waals surface area contributed by atoms with E-state index in [1.54, 1.807) is 4.90 Å². The van der Waals surface area contributed by atoms with Gasteiger partial charge >= 0.3 is 6.09 Å². The van der Waals surface area contributed by atoms with E-state index >= 15 is 0 Å². The van der Waals surface area contributed by atoms with Crippen LogP contribution in [0.2, 0.25) is 0 Å². The molecule has 1 fully saturated rings. The molecule has 0 unspecified atom stereocenters. The Balaban J connectivity index is 2.29. The molecule has 2 rings (SSSR count). The minimum Gasteiger partial charge on any atom is -0.444 e. The summed E-state index contributed by atoms with van der Waals surface area (Å²) in [6.07, 6.45) is 1.26. The largest absolute Gasteiger partial charge is 0.444 e. The van der Waals surface area contributed by atoms with Gasteiger partial charge in [-0.2, -0.15) is 0 Å². The van der Waals surface area contributed by atoms with Crippen molar-refractivity contribution in [2.45, 2.75) is 51.3 Å². The average Bonchev–Trinajstić information content (AvgIpc) is 2.82. The molecule has 2 atom stereocenters. The van der Waals surface area contributed by atoms with Crippen LogP contribution in [-0.2, 0) is 4.74 Å². The van der Waals surface area contributed by atoms with Gasteiger partial charge in [-0.15, -0.1) is 0 Å². The van der Waals surface area contributed by atoms with E-state index in [1.165, 1.54) is 0 Å². The highest BCUT2D eigenvalue weighted by Gasteiger charge is 2.41. The van der Waals surface area contributed by atoms with Crippen molar-refractivity contribution in [1.82, 2.24) is 4.90 Å². The van der Waals surface area contributed by atoms with E-state index in [0.29, 0.717) is 4.99 Å². The van der Waals surface area contributed by atoms with Crippen molar-refractivity contribution in [3.63, 3.8) is 0 Å². The quantitative estimate of drug-likeness (QED) is 0.851. The molecule has 1 saturated heterocycles. The zero-order valence-electron chi connectivity index (χ0n) is 12.7. The van der Waals surface area contributed by atoms with Gasteiger partial charge in [0.15, 0.2) is 0 Å². The highest BCUT2D eigenvalue weighted by Crippen LogP contribution is 2.37. The summed E-state index contributed by atoms with van der Waals surface area (Å²) in [5.41, 5.74) is 6.36. The van der Waals surface area contributed by atoms with Crippen molar-refractivity contribution in [1.29, 1.82) is 0 Å². The van der Waals surface area contributed by atoms with Gasteiger partial charge in [-0.05, 0) is 39.2 Å². The lowest BCUT2D eigenvalue weighted by atomic mass is 10.1. The van der Waals surface area contributed by atoms with Crippen LogP contribution >= 0.6 is 12.2 Å². The molecule has 0 aromatic heterocycles. The number of carbonyl (C=O) groups excluding carboxylic acids is 1. The highest BCUT2D eigenvalue weighted by molar-refractivity contribution is 7.80. The van der Waals surface area contributed by atoms with E-state index in [1.807, 2.05) is 51.1 Å². The molecule has 0 spiro atoms. The summed E-state index contributed by atoms with van der Waals surface area (Å²) in [7, 11) is 0. The third-order valence-electron chi connectivity index (χ3n) is 3.50. The number of thiocarbonyl (C=S) groups is 1. The van der Waals surface area contributed by atoms with Gasteiger partial charge in [0.2, 0.25) is 0 Å². The van der Waals surface area contributed by atoms with E-state index in [4.69, 9.17) is 22.7 Å². The van der Waals surface area contributed by atoms with Crippen LogP contribution in [0.4, 0.5) is 4.79 Å². The summed E-state index contributed by atoms with van der Waals surface area (Å²) in [4.78, 5) is 14.6. The molecule has 1 aliphatic rings. The zero-order valence-corrected chi connectivity index (χ0v) is 13.5. The maximum absolute atomic E-state index is 12.5. The van der Waals surface area contributed by atoms with Crippen molar-refractivity contribution in [3.05, 3.63) is 35.9 Å². The normalized spacial score (nSPS) is 22.1. The molecule has 5 heteroatoms. The van der Waals surface area contributed by atoms with Gasteiger partial charge < -0.3 is 10.5 Å². The monoisotopic (exact) mass is 306 g/mol.